The van der Waals surface area contributed by atoms with E-state index < -0.39 is 11.1 Å². The molecule has 1 atom stereocenters. The summed E-state index contributed by atoms with van der Waals surface area (Å²) >= 11 is -1.75. The van der Waals surface area contributed by atoms with Gasteiger partial charge in [0, 0.05) is 25.3 Å². The summed E-state index contributed by atoms with van der Waals surface area (Å²) in [5.74, 6) is 0.732. The van der Waals surface area contributed by atoms with Crippen LogP contribution in [0.2, 0.25) is 0 Å². The molecular weight excluding hydrogens is 278 g/mol. The molecule has 1 aliphatic rings. The molecular formula is C12H17N5O2S. The topological polar surface area (TPSA) is 97.3 Å². The van der Waals surface area contributed by atoms with E-state index >= 15 is 0 Å². The van der Waals surface area contributed by atoms with E-state index in [0.717, 1.165) is 37.0 Å². The molecule has 7 nitrogen and oxygen atoms in total. The summed E-state index contributed by atoms with van der Waals surface area (Å²) in [7, 11) is 0. The summed E-state index contributed by atoms with van der Waals surface area (Å²) in [5, 5.41) is 0.881. The number of rotatable bonds is 3. The van der Waals surface area contributed by atoms with Crippen LogP contribution in [0.3, 0.4) is 0 Å². The van der Waals surface area contributed by atoms with Gasteiger partial charge in [-0.25, -0.2) is 14.2 Å². The first-order valence-electron chi connectivity index (χ1n) is 6.52. The molecule has 0 amide bonds. The molecule has 3 rings (SSSR count). The molecule has 3 N–H and O–H groups in total. The first kappa shape index (κ1) is 13.5. The van der Waals surface area contributed by atoms with E-state index in [4.69, 9.17) is 10.3 Å². The van der Waals surface area contributed by atoms with E-state index in [9.17, 15) is 4.21 Å². The SMILES string of the molecule is Nc1ncnc2c1ccn2C1CCN(CS(=O)O)CC1. The lowest BCUT2D eigenvalue weighted by molar-refractivity contribution is 0.211. The van der Waals surface area contributed by atoms with Crippen molar-refractivity contribution < 1.29 is 8.76 Å². The van der Waals surface area contributed by atoms with Crippen molar-refractivity contribution in [2.24, 2.45) is 0 Å². The summed E-state index contributed by atoms with van der Waals surface area (Å²) in [6.07, 6.45) is 5.36. The first-order chi connectivity index (χ1) is 9.65. The Balaban J connectivity index is 1.77. The van der Waals surface area contributed by atoms with E-state index in [-0.39, 0.29) is 5.88 Å². The molecule has 3 heterocycles. The number of likely N-dealkylation sites (tertiary alicyclic amines) is 1. The monoisotopic (exact) mass is 295 g/mol. The summed E-state index contributed by atoms with van der Waals surface area (Å²) in [5.41, 5.74) is 6.70. The van der Waals surface area contributed by atoms with E-state index in [0.29, 0.717) is 11.9 Å². The zero-order valence-electron chi connectivity index (χ0n) is 11.0. The molecule has 1 aliphatic heterocycles. The fourth-order valence-electron chi connectivity index (χ4n) is 2.77. The van der Waals surface area contributed by atoms with E-state index in [1.54, 1.807) is 0 Å². The fourth-order valence-corrected chi connectivity index (χ4v) is 3.34. The second-order valence-corrected chi connectivity index (χ2v) is 5.92. The number of hydrogen-bond donors (Lipinski definition) is 2. The standard InChI is InChI=1S/C12H17N5O2S/c13-11-10-3-6-17(12(10)15-7-14-11)9-1-4-16(5-2-9)8-20(18)19/h3,6-7,9H,1-2,4-5,8H2,(H,18,19)(H2,13,14,15). The summed E-state index contributed by atoms with van der Waals surface area (Å²) in [6, 6.07) is 2.30. The van der Waals surface area contributed by atoms with Gasteiger partial charge < -0.3 is 14.9 Å². The van der Waals surface area contributed by atoms with Gasteiger partial charge in [-0.3, -0.25) is 4.90 Å². The molecule has 1 fully saturated rings. The second kappa shape index (κ2) is 5.47. The predicted octanol–water partition coefficient (Wildman–Crippen LogP) is 0.830. The molecule has 0 aromatic carbocycles. The maximum absolute atomic E-state index is 10.8. The molecule has 20 heavy (non-hydrogen) atoms. The van der Waals surface area contributed by atoms with Crippen LogP contribution in [0.5, 0.6) is 0 Å². The summed E-state index contributed by atoms with van der Waals surface area (Å²) in [6.45, 7) is 1.63. The number of fused-ring (bicyclic) bond motifs is 1. The number of nitrogens with zero attached hydrogens (tertiary/aromatic N) is 4. The molecule has 2 aromatic rings. The minimum Gasteiger partial charge on any atom is -0.383 e. The quantitative estimate of drug-likeness (QED) is 0.814. The molecule has 0 aliphatic carbocycles. The lowest BCUT2D eigenvalue weighted by Crippen LogP contribution is -2.36. The van der Waals surface area contributed by atoms with Crippen molar-refractivity contribution >= 4 is 27.9 Å². The van der Waals surface area contributed by atoms with Crippen LogP contribution in [-0.2, 0) is 11.1 Å². The molecule has 108 valence electrons. The fraction of sp³-hybridized carbons (Fsp3) is 0.500. The van der Waals surface area contributed by atoms with Crippen molar-refractivity contribution in [3.8, 4) is 0 Å². The van der Waals surface area contributed by atoms with Gasteiger partial charge in [-0.1, -0.05) is 0 Å². The zero-order valence-corrected chi connectivity index (χ0v) is 11.8. The van der Waals surface area contributed by atoms with Crippen LogP contribution in [0.1, 0.15) is 18.9 Å². The second-order valence-electron chi connectivity index (χ2n) is 5.02. The van der Waals surface area contributed by atoms with Crippen LogP contribution in [-0.4, -0.2) is 47.2 Å². The van der Waals surface area contributed by atoms with E-state index in [1.807, 2.05) is 17.2 Å². The van der Waals surface area contributed by atoms with Crippen LogP contribution >= 0.6 is 0 Å². The van der Waals surface area contributed by atoms with Crippen molar-refractivity contribution in [2.45, 2.75) is 18.9 Å². The molecule has 0 radical (unpaired) electrons. The Morgan fingerprint density at radius 1 is 1.40 bits per heavy atom. The normalized spacial score (nSPS) is 19.4. The van der Waals surface area contributed by atoms with Crippen molar-refractivity contribution in [3.05, 3.63) is 18.6 Å². The Labute approximate surface area is 119 Å². The highest BCUT2D eigenvalue weighted by Crippen LogP contribution is 2.28. The maximum atomic E-state index is 10.8. The number of nitrogens with two attached hydrogens (primary N) is 1. The molecule has 0 spiro atoms. The summed E-state index contributed by atoms with van der Waals surface area (Å²) in [4.78, 5) is 10.3. The number of anilines is 1. The van der Waals surface area contributed by atoms with Gasteiger partial charge in [0.1, 0.15) is 23.7 Å². The Kier molecular flexibility index (Phi) is 3.68. The minimum absolute atomic E-state index is 0.230. The highest BCUT2D eigenvalue weighted by Gasteiger charge is 2.22. The van der Waals surface area contributed by atoms with Crippen LogP contribution < -0.4 is 5.73 Å². The number of nitrogen functional groups attached to an aromatic ring is 1. The van der Waals surface area contributed by atoms with Crippen LogP contribution in [0, 0.1) is 0 Å². The van der Waals surface area contributed by atoms with Gasteiger partial charge in [0.05, 0.1) is 5.39 Å². The Morgan fingerprint density at radius 3 is 2.85 bits per heavy atom. The van der Waals surface area contributed by atoms with Gasteiger partial charge in [-0.05, 0) is 18.9 Å². The molecule has 0 saturated carbocycles. The summed E-state index contributed by atoms with van der Waals surface area (Å²) < 4.78 is 21.9. The molecule has 1 saturated heterocycles. The number of hydrogen-bond acceptors (Lipinski definition) is 5. The first-order valence-corrected chi connectivity index (χ1v) is 7.79. The van der Waals surface area contributed by atoms with Gasteiger partial charge >= 0.3 is 0 Å². The van der Waals surface area contributed by atoms with Crippen molar-refractivity contribution in [2.75, 3.05) is 24.7 Å². The average molecular weight is 295 g/mol. The highest BCUT2D eigenvalue weighted by molar-refractivity contribution is 7.79. The molecule has 8 heteroatoms. The van der Waals surface area contributed by atoms with Gasteiger partial charge in [0.2, 0.25) is 0 Å². The van der Waals surface area contributed by atoms with Crippen molar-refractivity contribution in [1.29, 1.82) is 0 Å². The van der Waals surface area contributed by atoms with Gasteiger partial charge in [-0.15, -0.1) is 0 Å². The van der Waals surface area contributed by atoms with Gasteiger partial charge in [0.15, 0.2) is 11.1 Å². The smallest absolute Gasteiger partial charge is 0.167 e. The highest BCUT2D eigenvalue weighted by atomic mass is 32.2. The Hall–Kier alpha value is -1.51. The van der Waals surface area contributed by atoms with E-state index in [2.05, 4.69) is 14.5 Å². The maximum Gasteiger partial charge on any atom is 0.167 e. The third-order valence-electron chi connectivity index (χ3n) is 3.78. The van der Waals surface area contributed by atoms with E-state index in [1.165, 1.54) is 6.33 Å². The Morgan fingerprint density at radius 2 is 2.15 bits per heavy atom. The molecule has 0 bridgehead atoms. The average Bonchev–Trinajstić information content (AvgIpc) is 2.84. The lowest BCUT2D eigenvalue weighted by atomic mass is 10.1. The van der Waals surface area contributed by atoms with Crippen LogP contribution in [0.25, 0.3) is 11.0 Å². The van der Waals surface area contributed by atoms with Gasteiger partial charge in [0.25, 0.3) is 0 Å². The largest absolute Gasteiger partial charge is 0.383 e. The van der Waals surface area contributed by atoms with Gasteiger partial charge in [-0.2, -0.15) is 0 Å². The van der Waals surface area contributed by atoms with Crippen LogP contribution in [0.4, 0.5) is 5.82 Å². The predicted molar refractivity (Wildman–Crippen MR) is 77.4 cm³/mol. The molecule has 1 unspecified atom stereocenters. The zero-order chi connectivity index (χ0) is 14.1. The molecule has 2 aromatic heterocycles. The van der Waals surface area contributed by atoms with Crippen molar-refractivity contribution in [1.82, 2.24) is 19.4 Å². The Bertz CT molecular complexity index is 636. The number of piperidine rings is 1. The third-order valence-corrected chi connectivity index (χ3v) is 4.37. The minimum atomic E-state index is -1.75. The van der Waals surface area contributed by atoms with Crippen LogP contribution in [0.15, 0.2) is 18.6 Å². The third kappa shape index (κ3) is 2.54. The lowest BCUT2D eigenvalue weighted by Gasteiger charge is -2.31. The number of aromatic nitrogens is 3. The van der Waals surface area contributed by atoms with Crippen molar-refractivity contribution in [3.63, 3.8) is 0 Å².